The number of halogens is 1. The summed E-state index contributed by atoms with van der Waals surface area (Å²) in [4.78, 5) is 10.1. The van der Waals surface area contributed by atoms with Crippen LogP contribution in [0.15, 0.2) is 0 Å². The van der Waals surface area contributed by atoms with E-state index in [0.717, 1.165) is 0 Å². The van der Waals surface area contributed by atoms with Crippen molar-refractivity contribution in [2.75, 3.05) is 26.3 Å². The summed E-state index contributed by atoms with van der Waals surface area (Å²) in [5.41, 5.74) is 4.80. The number of nitrogens with two attached hydrogens (primary N) is 1. The van der Waals surface area contributed by atoms with E-state index in [0.29, 0.717) is 26.1 Å². The molecule has 66 valence electrons. The number of hydrogen-bond acceptors (Lipinski definition) is 2. The van der Waals surface area contributed by atoms with Crippen LogP contribution < -0.4 is 16.4 Å². The first-order valence-electron chi connectivity index (χ1n) is 3.57. The summed E-state index contributed by atoms with van der Waals surface area (Å²) in [6.45, 7) is 1.44. The number of carbonyl (C=O) groups is 1. The molecule has 4 N–H and O–H groups in total. The fraction of sp³-hybridized carbons (Fsp3) is 0.833. The summed E-state index contributed by atoms with van der Waals surface area (Å²) in [5.74, 6) is 0. The van der Waals surface area contributed by atoms with Crippen molar-refractivity contribution in [3.63, 3.8) is 0 Å². The van der Waals surface area contributed by atoms with Gasteiger partial charge in [0.2, 0.25) is 0 Å². The first-order valence-corrected chi connectivity index (χ1v) is 3.57. The predicted octanol–water partition coefficient (Wildman–Crippen LogP) is -0.396. The Morgan fingerprint density at radius 1 is 1.36 bits per heavy atom. The Bertz CT molecular complexity index is 110. The second-order valence-electron chi connectivity index (χ2n) is 2.08. The van der Waals surface area contributed by atoms with Crippen LogP contribution in [-0.2, 0) is 0 Å². The summed E-state index contributed by atoms with van der Waals surface area (Å²) in [7, 11) is 0. The number of carbonyl (C=O) groups excluding carboxylic acids is 1. The highest BCUT2D eigenvalue weighted by Crippen LogP contribution is 1.75. The average molecular weight is 163 g/mol. The number of alkyl halides is 1. The van der Waals surface area contributed by atoms with Gasteiger partial charge < -0.3 is 16.4 Å². The zero-order chi connectivity index (χ0) is 8.53. The van der Waals surface area contributed by atoms with Crippen LogP contribution in [0.3, 0.4) is 0 Å². The molecule has 0 spiro atoms. The lowest BCUT2D eigenvalue weighted by Gasteiger charge is -2.02. The number of nitrogens with one attached hydrogen (secondary N) is 2. The van der Waals surface area contributed by atoms with Crippen molar-refractivity contribution in [2.24, 2.45) is 5.73 Å². The van der Waals surface area contributed by atoms with Crippen molar-refractivity contribution >= 4 is 6.03 Å². The second-order valence-corrected chi connectivity index (χ2v) is 2.08. The SMILES string of the molecule is NC(=O)NCCNCCCF. The molecule has 0 atom stereocenters. The molecule has 0 radical (unpaired) electrons. The van der Waals surface area contributed by atoms with Crippen LogP contribution in [0, 0.1) is 0 Å². The fourth-order valence-corrected chi connectivity index (χ4v) is 0.591. The van der Waals surface area contributed by atoms with Gasteiger partial charge in [-0.1, -0.05) is 0 Å². The lowest BCUT2D eigenvalue weighted by Crippen LogP contribution is -2.35. The maximum Gasteiger partial charge on any atom is 0.312 e. The average Bonchev–Trinajstić information content (AvgIpc) is 1.96. The van der Waals surface area contributed by atoms with E-state index < -0.39 is 6.03 Å². The molecule has 0 heterocycles. The van der Waals surface area contributed by atoms with Crippen molar-refractivity contribution in [1.29, 1.82) is 0 Å². The third-order valence-electron chi connectivity index (χ3n) is 1.09. The Morgan fingerprint density at radius 3 is 2.64 bits per heavy atom. The first kappa shape index (κ1) is 10.2. The first-order chi connectivity index (χ1) is 5.27. The molecule has 4 nitrogen and oxygen atoms in total. The molecule has 0 unspecified atom stereocenters. The molecule has 0 aliphatic rings. The zero-order valence-electron chi connectivity index (χ0n) is 6.40. The molecule has 2 amide bonds. The number of rotatable bonds is 6. The molecule has 0 rings (SSSR count). The lowest BCUT2D eigenvalue weighted by molar-refractivity contribution is 0.249. The predicted molar refractivity (Wildman–Crippen MR) is 41.0 cm³/mol. The van der Waals surface area contributed by atoms with Crippen molar-refractivity contribution in [3.05, 3.63) is 0 Å². The van der Waals surface area contributed by atoms with Gasteiger partial charge in [-0.2, -0.15) is 0 Å². The smallest absolute Gasteiger partial charge is 0.312 e. The van der Waals surface area contributed by atoms with Gasteiger partial charge >= 0.3 is 6.03 Å². The summed E-state index contributed by atoms with van der Waals surface area (Å²) >= 11 is 0. The minimum absolute atomic E-state index is 0.309. The van der Waals surface area contributed by atoms with Crippen LogP contribution in [-0.4, -0.2) is 32.3 Å². The minimum atomic E-state index is -0.530. The van der Waals surface area contributed by atoms with E-state index in [-0.39, 0.29) is 6.67 Å². The molecule has 0 aromatic carbocycles. The van der Waals surface area contributed by atoms with E-state index in [2.05, 4.69) is 10.6 Å². The third kappa shape index (κ3) is 9.16. The largest absolute Gasteiger partial charge is 0.352 e. The lowest BCUT2D eigenvalue weighted by atomic mass is 10.4. The quantitative estimate of drug-likeness (QED) is 0.466. The van der Waals surface area contributed by atoms with E-state index in [1.54, 1.807) is 0 Å². The molecule has 0 aliphatic heterocycles. The third-order valence-corrected chi connectivity index (χ3v) is 1.09. The van der Waals surface area contributed by atoms with Crippen LogP contribution in [0.1, 0.15) is 6.42 Å². The molecule has 0 aliphatic carbocycles. The van der Waals surface area contributed by atoms with Gasteiger partial charge in [-0.3, -0.25) is 4.39 Å². The molecule has 11 heavy (non-hydrogen) atoms. The maximum atomic E-state index is 11.5. The number of urea groups is 1. The van der Waals surface area contributed by atoms with Crippen molar-refractivity contribution in [1.82, 2.24) is 10.6 Å². The van der Waals surface area contributed by atoms with Gasteiger partial charge in [0.05, 0.1) is 6.67 Å². The van der Waals surface area contributed by atoms with Gasteiger partial charge in [-0.25, -0.2) is 4.79 Å². The van der Waals surface area contributed by atoms with Crippen molar-refractivity contribution < 1.29 is 9.18 Å². The van der Waals surface area contributed by atoms with Crippen LogP contribution in [0.25, 0.3) is 0 Å². The van der Waals surface area contributed by atoms with Gasteiger partial charge in [-0.15, -0.1) is 0 Å². The molecule has 0 saturated heterocycles. The second kappa shape index (κ2) is 7.27. The highest BCUT2D eigenvalue weighted by molar-refractivity contribution is 5.71. The highest BCUT2D eigenvalue weighted by Gasteiger charge is 1.89. The standard InChI is InChI=1S/C6H14FN3O/c7-2-1-3-9-4-5-10-6(8)11/h9H,1-5H2,(H3,8,10,11). The Morgan fingerprint density at radius 2 is 2.09 bits per heavy atom. The Hall–Kier alpha value is -0.840. The zero-order valence-corrected chi connectivity index (χ0v) is 6.40. The van der Waals surface area contributed by atoms with Gasteiger partial charge in [0.15, 0.2) is 0 Å². The summed E-state index contributed by atoms with van der Waals surface area (Å²) in [6, 6.07) is -0.530. The summed E-state index contributed by atoms with van der Waals surface area (Å²) in [6.07, 6.45) is 0.510. The number of amides is 2. The molecule has 0 fully saturated rings. The van der Waals surface area contributed by atoms with Gasteiger partial charge in [-0.05, 0) is 13.0 Å². The van der Waals surface area contributed by atoms with E-state index in [9.17, 15) is 9.18 Å². The molecule has 0 aromatic heterocycles. The molecular formula is C6H14FN3O. The molecule has 5 heteroatoms. The van der Waals surface area contributed by atoms with Gasteiger partial charge in [0.25, 0.3) is 0 Å². The van der Waals surface area contributed by atoms with Crippen molar-refractivity contribution in [3.8, 4) is 0 Å². The van der Waals surface area contributed by atoms with E-state index in [4.69, 9.17) is 5.73 Å². The Labute approximate surface area is 65.3 Å². The molecule has 0 saturated carbocycles. The van der Waals surface area contributed by atoms with Crippen molar-refractivity contribution in [2.45, 2.75) is 6.42 Å². The monoisotopic (exact) mass is 163 g/mol. The molecular weight excluding hydrogens is 149 g/mol. The number of hydrogen-bond donors (Lipinski definition) is 3. The minimum Gasteiger partial charge on any atom is -0.352 e. The Kier molecular flexibility index (Phi) is 6.71. The molecule has 0 aromatic rings. The van der Waals surface area contributed by atoms with E-state index >= 15 is 0 Å². The van der Waals surface area contributed by atoms with Gasteiger partial charge in [0.1, 0.15) is 0 Å². The maximum absolute atomic E-state index is 11.5. The van der Waals surface area contributed by atoms with Crippen LogP contribution >= 0.6 is 0 Å². The molecule has 0 bridgehead atoms. The van der Waals surface area contributed by atoms with Crippen LogP contribution in [0.4, 0.5) is 9.18 Å². The van der Waals surface area contributed by atoms with E-state index in [1.807, 2.05) is 0 Å². The fourth-order valence-electron chi connectivity index (χ4n) is 0.591. The summed E-state index contributed by atoms with van der Waals surface area (Å²) in [5, 5.41) is 5.34. The van der Waals surface area contributed by atoms with Crippen LogP contribution in [0.2, 0.25) is 0 Å². The Balaban J connectivity index is 2.85. The normalized spacial score (nSPS) is 9.55. The highest BCUT2D eigenvalue weighted by atomic mass is 19.1. The number of primary amides is 1. The van der Waals surface area contributed by atoms with E-state index in [1.165, 1.54) is 0 Å². The van der Waals surface area contributed by atoms with Gasteiger partial charge in [0, 0.05) is 13.1 Å². The topological polar surface area (TPSA) is 67.2 Å². The summed E-state index contributed by atoms with van der Waals surface area (Å²) < 4.78 is 11.5. The van der Waals surface area contributed by atoms with Crippen LogP contribution in [0.5, 0.6) is 0 Å².